The molecule has 3 nitrogen and oxygen atoms in total. The SMILES string of the molecule is Fc1ccccc1CP(OB(Oc1cc(C(F)(F)F)cc(C(F)(F)F)c1)OP(Cc1ccccc1F)(c1ccccc1)(c1ccccc1)c1ccccc1)(c1ccccc1)(c1ccccc1)c1ccccc1. The zero-order chi connectivity index (χ0) is 50.5. The molecule has 0 spiro atoms. The molecule has 0 N–H and O–H groups in total. The van der Waals surface area contributed by atoms with Crippen LogP contribution >= 0.6 is 13.7 Å². The minimum atomic E-state index is -5.28. The van der Waals surface area contributed by atoms with Crippen LogP contribution in [-0.4, -0.2) is 7.32 Å². The molecule has 0 amide bonds. The maximum absolute atomic E-state index is 16.8. The Kier molecular flexibility index (Phi) is 13.8. The van der Waals surface area contributed by atoms with Crippen molar-refractivity contribution in [2.75, 3.05) is 0 Å². The van der Waals surface area contributed by atoms with Crippen LogP contribution in [0.1, 0.15) is 22.3 Å². The Morgan fingerprint density at radius 2 is 0.583 bits per heavy atom. The third kappa shape index (κ3) is 9.14. The second-order valence-corrected chi connectivity index (χ2v) is 26.3. The first-order valence-corrected chi connectivity index (χ1v) is 27.5. The summed E-state index contributed by atoms with van der Waals surface area (Å²) >= 11 is 0. The molecule has 0 saturated carbocycles. The zero-order valence-electron chi connectivity index (χ0n) is 38.3. The van der Waals surface area contributed by atoms with Crippen molar-refractivity contribution in [1.29, 1.82) is 0 Å². The predicted molar refractivity (Wildman–Crippen MR) is 276 cm³/mol. The first-order valence-electron chi connectivity index (χ1n) is 22.8. The molecule has 0 atom stereocenters. The number of benzene rings is 9. The molecule has 0 aliphatic rings. The summed E-state index contributed by atoms with van der Waals surface area (Å²) in [6.45, 7) is -10.3. The van der Waals surface area contributed by atoms with Crippen molar-refractivity contribution in [3.05, 3.63) is 283 Å². The summed E-state index contributed by atoms with van der Waals surface area (Å²) in [5.41, 5.74) is -2.96. The maximum atomic E-state index is 16.8. The van der Waals surface area contributed by atoms with Gasteiger partial charge in [0, 0.05) is 0 Å². The van der Waals surface area contributed by atoms with E-state index >= 15 is 8.78 Å². The number of rotatable bonds is 16. The van der Waals surface area contributed by atoms with E-state index in [0.29, 0.717) is 44.0 Å². The Morgan fingerprint density at radius 1 is 0.333 bits per heavy atom. The number of alkyl halides is 6. The van der Waals surface area contributed by atoms with Crippen molar-refractivity contribution in [3.63, 3.8) is 0 Å². The molecule has 0 fully saturated rings. The fourth-order valence-corrected chi connectivity index (χ4v) is 21.2. The van der Waals surface area contributed by atoms with Crippen LogP contribution in [-0.2, 0) is 33.6 Å². The van der Waals surface area contributed by atoms with Gasteiger partial charge in [-0.25, -0.2) is 0 Å². The van der Waals surface area contributed by atoms with Crippen LogP contribution in [0.3, 0.4) is 0 Å². The summed E-state index contributed by atoms with van der Waals surface area (Å²) in [5, 5.41) is 2.89. The Labute approximate surface area is 412 Å². The van der Waals surface area contributed by atoms with E-state index in [-0.39, 0.29) is 29.5 Å². The number of hydrogen-bond acceptors (Lipinski definition) is 3. The molecule has 0 unspecified atom stereocenters. The second-order valence-electron chi connectivity index (χ2n) is 17.3. The van der Waals surface area contributed by atoms with E-state index in [1.54, 1.807) is 206 Å². The molecule has 0 saturated heterocycles. The minimum absolute atomic E-state index is 0.00970. The Balaban J connectivity index is 1.49. The van der Waals surface area contributed by atoms with Gasteiger partial charge in [0.25, 0.3) is 0 Å². The molecular formula is C58H45BF8O3P2. The zero-order valence-corrected chi connectivity index (χ0v) is 40.1. The van der Waals surface area contributed by atoms with Crippen LogP contribution in [0.25, 0.3) is 0 Å². The molecule has 9 rings (SSSR count). The van der Waals surface area contributed by atoms with Gasteiger partial charge in [-0.15, -0.1) is 0 Å². The number of halogens is 8. The van der Waals surface area contributed by atoms with Gasteiger partial charge in [-0.05, 0) is 0 Å². The van der Waals surface area contributed by atoms with Crippen LogP contribution in [0.5, 0.6) is 5.75 Å². The number of hydrogen-bond donors (Lipinski definition) is 0. The van der Waals surface area contributed by atoms with Gasteiger partial charge in [0.2, 0.25) is 0 Å². The molecule has 72 heavy (non-hydrogen) atoms. The average Bonchev–Trinajstić information content (AvgIpc) is 3.40. The fraction of sp³-hybridized carbons (Fsp3) is 0.0690. The van der Waals surface area contributed by atoms with Crippen molar-refractivity contribution in [1.82, 2.24) is 0 Å². The summed E-state index contributed by atoms with van der Waals surface area (Å²) in [6, 6.07) is 66.6. The van der Waals surface area contributed by atoms with Crippen molar-refractivity contribution >= 4 is 52.8 Å². The predicted octanol–water partition coefficient (Wildman–Crippen LogP) is 13.7. The van der Waals surface area contributed by atoms with Crippen molar-refractivity contribution in [3.8, 4) is 5.75 Å². The van der Waals surface area contributed by atoms with Gasteiger partial charge >= 0.3 is 415 Å². The molecule has 0 aromatic heterocycles. The molecule has 0 radical (unpaired) electrons. The van der Waals surface area contributed by atoms with Crippen LogP contribution < -0.4 is 36.5 Å². The van der Waals surface area contributed by atoms with E-state index in [9.17, 15) is 26.3 Å². The van der Waals surface area contributed by atoms with E-state index in [0.717, 1.165) is 0 Å². The van der Waals surface area contributed by atoms with E-state index in [1.807, 2.05) is 0 Å². The van der Waals surface area contributed by atoms with Crippen molar-refractivity contribution in [2.24, 2.45) is 0 Å². The van der Waals surface area contributed by atoms with Crippen LogP contribution in [0.4, 0.5) is 35.1 Å². The third-order valence-electron chi connectivity index (χ3n) is 13.1. The Hall–Kier alpha value is -6.94. The molecule has 0 aliphatic heterocycles. The van der Waals surface area contributed by atoms with Crippen LogP contribution in [0.15, 0.2) is 249 Å². The third-order valence-corrected chi connectivity index (χ3v) is 24.6. The van der Waals surface area contributed by atoms with Gasteiger partial charge in [-0.2, -0.15) is 0 Å². The van der Waals surface area contributed by atoms with E-state index in [1.165, 1.54) is 24.3 Å². The fourth-order valence-electron chi connectivity index (χ4n) is 9.79. The molecule has 0 heterocycles. The molecule has 14 heteroatoms. The molecule has 9 aromatic rings. The average molecular weight is 1010 g/mol. The quantitative estimate of drug-likeness (QED) is 0.0548. The molecule has 0 aliphatic carbocycles. The van der Waals surface area contributed by atoms with Crippen molar-refractivity contribution < 1.29 is 48.7 Å². The summed E-state index contributed by atoms with van der Waals surface area (Å²) in [4.78, 5) is 0. The summed E-state index contributed by atoms with van der Waals surface area (Å²) in [5.74, 6) is -2.13. The standard InChI is InChI=1S/C58H45BF8O3P2/c60-55-37-21-19-23-44(55)42-71(49-25-7-1-8-26-49,50-27-9-2-10-28-50,51-29-11-3-12-30-51)69-59(68-48-40-46(57(62,63)64)39-47(41-48)58(65,66)67)70-72(52-31-13-4-14-32-52,53-33-15-5-16-34-53,54-35-17-6-18-36-54)43-45-24-20-22-38-56(45)61/h1-41H,42-43H2. The Bertz CT molecular complexity index is 2850. The van der Waals surface area contributed by atoms with Gasteiger partial charge in [-0.1, -0.05) is 0 Å². The van der Waals surface area contributed by atoms with Crippen LogP contribution in [0.2, 0.25) is 0 Å². The van der Waals surface area contributed by atoms with Gasteiger partial charge < -0.3 is 0 Å². The van der Waals surface area contributed by atoms with Crippen LogP contribution in [0, 0.1) is 11.6 Å². The monoisotopic (exact) mass is 1010 g/mol. The van der Waals surface area contributed by atoms with Gasteiger partial charge in [0.05, 0.1) is 0 Å². The van der Waals surface area contributed by atoms with Gasteiger partial charge in [0.15, 0.2) is 0 Å². The van der Waals surface area contributed by atoms with Crippen molar-refractivity contribution in [2.45, 2.75) is 24.7 Å². The van der Waals surface area contributed by atoms with Gasteiger partial charge in [0.1, 0.15) is 0 Å². The van der Waals surface area contributed by atoms with Gasteiger partial charge in [-0.3, -0.25) is 0 Å². The second kappa shape index (κ2) is 19.9. The summed E-state index contributed by atoms with van der Waals surface area (Å²) in [7, 11) is -2.32. The normalized spacial score (nSPS) is 13.3. The van der Waals surface area contributed by atoms with E-state index in [4.69, 9.17) is 13.5 Å². The molecular weight excluding hydrogens is 969 g/mol. The molecule has 364 valence electrons. The van der Waals surface area contributed by atoms with E-state index in [2.05, 4.69) is 0 Å². The topological polar surface area (TPSA) is 27.7 Å². The van der Waals surface area contributed by atoms with E-state index < -0.39 is 61.8 Å². The first kappa shape index (κ1) is 50.0. The summed E-state index contributed by atoms with van der Waals surface area (Å²) < 4.78 is 146. The summed E-state index contributed by atoms with van der Waals surface area (Å²) in [6.07, 6.45) is -11.1. The molecule has 9 aromatic carbocycles. The first-order chi connectivity index (χ1) is 34.6. The molecule has 0 bridgehead atoms. The Morgan fingerprint density at radius 3 is 0.833 bits per heavy atom.